The second-order valence-corrected chi connectivity index (χ2v) is 7.41. The first kappa shape index (κ1) is 20.2. The Labute approximate surface area is 156 Å². The van der Waals surface area contributed by atoms with Crippen molar-refractivity contribution < 1.29 is 14.7 Å². The van der Waals surface area contributed by atoms with Crippen molar-refractivity contribution >= 4 is 12.0 Å². The largest absolute Gasteiger partial charge is 0.481 e. The molecule has 1 aliphatic heterocycles. The Morgan fingerprint density at radius 2 is 1.92 bits per heavy atom. The second-order valence-electron chi connectivity index (χ2n) is 7.41. The summed E-state index contributed by atoms with van der Waals surface area (Å²) in [6, 6.07) is 8.72. The molecular formula is C20H31N3O3. The Kier molecular flexibility index (Phi) is 7.45. The van der Waals surface area contributed by atoms with Gasteiger partial charge >= 0.3 is 12.0 Å². The van der Waals surface area contributed by atoms with Crippen LogP contribution >= 0.6 is 0 Å². The Hall–Kier alpha value is -2.08. The van der Waals surface area contributed by atoms with Crippen LogP contribution < -0.4 is 5.32 Å². The molecule has 0 radical (unpaired) electrons. The maximum atomic E-state index is 12.1. The molecule has 0 saturated carbocycles. The van der Waals surface area contributed by atoms with Crippen LogP contribution in [0.15, 0.2) is 24.3 Å². The summed E-state index contributed by atoms with van der Waals surface area (Å²) in [5.41, 5.74) is 2.33. The van der Waals surface area contributed by atoms with E-state index in [1.165, 1.54) is 36.3 Å². The van der Waals surface area contributed by atoms with Crippen molar-refractivity contribution in [2.24, 2.45) is 5.92 Å². The quantitative estimate of drug-likeness (QED) is 0.783. The summed E-state index contributed by atoms with van der Waals surface area (Å²) in [5.74, 6) is -1.48. The minimum absolute atomic E-state index is 0.189. The number of nitrogens with zero attached hydrogens (tertiary/aromatic N) is 2. The van der Waals surface area contributed by atoms with Crippen LogP contribution in [0.2, 0.25) is 0 Å². The van der Waals surface area contributed by atoms with Gasteiger partial charge in [0, 0.05) is 32.7 Å². The summed E-state index contributed by atoms with van der Waals surface area (Å²) in [4.78, 5) is 26.9. The third kappa shape index (κ3) is 6.02. The Morgan fingerprint density at radius 3 is 2.54 bits per heavy atom. The van der Waals surface area contributed by atoms with Gasteiger partial charge in [-0.25, -0.2) is 4.79 Å². The number of carboxylic acids is 1. The molecule has 1 aliphatic rings. The number of likely N-dealkylation sites (tertiary alicyclic amines) is 1. The highest BCUT2D eigenvalue weighted by Gasteiger charge is 2.18. The van der Waals surface area contributed by atoms with Gasteiger partial charge in [-0.3, -0.25) is 9.69 Å². The first-order chi connectivity index (χ1) is 12.4. The monoisotopic (exact) mass is 361 g/mol. The first-order valence-corrected chi connectivity index (χ1v) is 9.40. The van der Waals surface area contributed by atoms with Crippen LogP contribution in [-0.4, -0.2) is 53.1 Å². The van der Waals surface area contributed by atoms with Gasteiger partial charge in [-0.15, -0.1) is 0 Å². The molecule has 2 amide bonds. The van der Waals surface area contributed by atoms with E-state index in [-0.39, 0.29) is 12.6 Å². The van der Waals surface area contributed by atoms with Crippen LogP contribution in [0.5, 0.6) is 0 Å². The van der Waals surface area contributed by atoms with Crippen molar-refractivity contribution in [2.75, 3.05) is 20.1 Å². The number of nitrogens with one attached hydrogen (secondary N) is 1. The van der Waals surface area contributed by atoms with Gasteiger partial charge < -0.3 is 15.3 Å². The fourth-order valence-corrected chi connectivity index (χ4v) is 3.27. The zero-order chi connectivity index (χ0) is 19.1. The molecule has 1 aromatic carbocycles. The molecule has 1 heterocycles. The minimum Gasteiger partial charge on any atom is -0.481 e. The summed E-state index contributed by atoms with van der Waals surface area (Å²) in [5, 5.41) is 11.8. The van der Waals surface area contributed by atoms with Crippen molar-refractivity contribution in [3.05, 3.63) is 35.4 Å². The molecule has 0 aliphatic carbocycles. The van der Waals surface area contributed by atoms with Gasteiger partial charge in [0.1, 0.15) is 0 Å². The second kappa shape index (κ2) is 9.57. The minimum atomic E-state index is -0.900. The van der Waals surface area contributed by atoms with E-state index >= 15 is 0 Å². The maximum Gasteiger partial charge on any atom is 0.317 e. The predicted octanol–water partition coefficient (Wildman–Crippen LogP) is 2.92. The van der Waals surface area contributed by atoms with E-state index in [1.54, 1.807) is 14.0 Å². The maximum absolute atomic E-state index is 12.1. The van der Waals surface area contributed by atoms with E-state index in [0.717, 1.165) is 12.1 Å². The Morgan fingerprint density at radius 1 is 1.27 bits per heavy atom. The lowest BCUT2D eigenvalue weighted by atomic mass is 10.0. The van der Waals surface area contributed by atoms with Gasteiger partial charge in [0.2, 0.25) is 0 Å². The van der Waals surface area contributed by atoms with Gasteiger partial charge in [0.05, 0.1) is 5.92 Å². The van der Waals surface area contributed by atoms with Crippen molar-refractivity contribution in [3.63, 3.8) is 0 Å². The molecule has 1 fully saturated rings. The van der Waals surface area contributed by atoms with Crippen LogP contribution in [0.3, 0.4) is 0 Å². The predicted molar refractivity (Wildman–Crippen MR) is 102 cm³/mol. The number of carboxylic acid groups (broad SMARTS) is 1. The SMILES string of the molecule is CC(CN(C)C(=O)NCc1ccc(CN2CCCCC2C)cc1)C(=O)O. The van der Waals surface area contributed by atoms with Crippen LogP contribution in [0.1, 0.15) is 44.2 Å². The molecule has 6 nitrogen and oxygen atoms in total. The molecule has 1 aromatic rings. The average molecular weight is 361 g/mol. The van der Waals surface area contributed by atoms with Crippen molar-refractivity contribution in [1.29, 1.82) is 0 Å². The summed E-state index contributed by atoms with van der Waals surface area (Å²) in [7, 11) is 1.61. The van der Waals surface area contributed by atoms with Crippen LogP contribution in [0, 0.1) is 5.92 Å². The number of hydrogen-bond acceptors (Lipinski definition) is 3. The highest BCUT2D eigenvalue weighted by molar-refractivity contribution is 5.75. The van der Waals surface area contributed by atoms with E-state index in [9.17, 15) is 9.59 Å². The zero-order valence-corrected chi connectivity index (χ0v) is 16.1. The van der Waals surface area contributed by atoms with E-state index in [0.29, 0.717) is 12.6 Å². The number of hydrogen-bond donors (Lipinski definition) is 2. The number of piperidine rings is 1. The summed E-state index contributed by atoms with van der Waals surface area (Å²) in [6.45, 7) is 6.65. The van der Waals surface area contributed by atoms with Gasteiger partial charge in [0.15, 0.2) is 0 Å². The molecule has 2 rings (SSSR count). The Balaban J connectivity index is 1.79. The van der Waals surface area contributed by atoms with Gasteiger partial charge in [0.25, 0.3) is 0 Å². The Bertz CT molecular complexity index is 603. The molecule has 2 atom stereocenters. The first-order valence-electron chi connectivity index (χ1n) is 9.40. The lowest BCUT2D eigenvalue weighted by Crippen LogP contribution is -2.40. The van der Waals surface area contributed by atoms with Gasteiger partial charge in [-0.2, -0.15) is 0 Å². The zero-order valence-electron chi connectivity index (χ0n) is 16.1. The molecule has 2 unspecified atom stereocenters. The molecule has 1 saturated heterocycles. The summed E-state index contributed by atoms with van der Waals surface area (Å²) < 4.78 is 0. The van der Waals surface area contributed by atoms with Gasteiger partial charge in [-0.05, 0) is 37.4 Å². The lowest BCUT2D eigenvalue weighted by Gasteiger charge is -2.33. The summed E-state index contributed by atoms with van der Waals surface area (Å²) in [6.07, 6.45) is 3.89. The van der Waals surface area contributed by atoms with Crippen molar-refractivity contribution in [1.82, 2.24) is 15.1 Å². The van der Waals surface area contributed by atoms with Crippen molar-refractivity contribution in [3.8, 4) is 0 Å². The molecule has 0 aromatic heterocycles. The number of aliphatic carboxylic acids is 1. The van der Waals surface area contributed by atoms with Crippen LogP contribution in [0.25, 0.3) is 0 Å². The number of amides is 2. The highest BCUT2D eigenvalue weighted by Crippen LogP contribution is 2.19. The van der Waals surface area contributed by atoms with Crippen LogP contribution in [0.4, 0.5) is 4.79 Å². The molecule has 6 heteroatoms. The molecule has 0 spiro atoms. The fraction of sp³-hybridized carbons (Fsp3) is 0.600. The third-order valence-electron chi connectivity index (χ3n) is 5.11. The van der Waals surface area contributed by atoms with E-state index in [2.05, 4.69) is 29.3 Å². The van der Waals surface area contributed by atoms with E-state index in [1.807, 2.05) is 12.1 Å². The van der Waals surface area contributed by atoms with Gasteiger partial charge in [-0.1, -0.05) is 37.6 Å². The number of urea groups is 1. The standard InChI is InChI=1S/C20H31N3O3/c1-15(19(24)25)13-22(3)20(26)21-12-17-7-9-18(10-8-17)14-23-11-5-4-6-16(23)2/h7-10,15-16H,4-6,11-14H2,1-3H3,(H,21,26)(H,24,25). The van der Waals surface area contributed by atoms with E-state index in [4.69, 9.17) is 5.11 Å². The topological polar surface area (TPSA) is 72.9 Å². The van der Waals surface area contributed by atoms with E-state index < -0.39 is 11.9 Å². The number of rotatable bonds is 7. The molecule has 2 N–H and O–H groups in total. The van der Waals surface area contributed by atoms with Crippen molar-refractivity contribution in [2.45, 2.75) is 52.2 Å². The van der Waals surface area contributed by atoms with Crippen LogP contribution in [-0.2, 0) is 17.9 Å². The fourth-order valence-electron chi connectivity index (χ4n) is 3.27. The molecule has 144 valence electrons. The lowest BCUT2D eigenvalue weighted by molar-refractivity contribution is -0.141. The smallest absolute Gasteiger partial charge is 0.317 e. The molecule has 26 heavy (non-hydrogen) atoms. The molecule has 0 bridgehead atoms. The molecular weight excluding hydrogens is 330 g/mol. The number of benzene rings is 1. The number of carbonyl (C=O) groups excluding carboxylic acids is 1. The summed E-state index contributed by atoms with van der Waals surface area (Å²) >= 11 is 0. The average Bonchev–Trinajstić information content (AvgIpc) is 2.62. The highest BCUT2D eigenvalue weighted by atomic mass is 16.4. The number of carbonyl (C=O) groups is 2. The third-order valence-corrected chi connectivity index (χ3v) is 5.11. The normalized spacial score (nSPS) is 19.0.